The van der Waals surface area contributed by atoms with Crippen LogP contribution in [-0.2, 0) is 17.6 Å². The van der Waals surface area contributed by atoms with Crippen molar-refractivity contribution in [3.05, 3.63) is 45.6 Å². The molecule has 4 rings (SSSR count). The van der Waals surface area contributed by atoms with Crippen LogP contribution in [0.25, 0.3) is 11.1 Å². The SMILES string of the molecule is O=C(CSc1nc2ccccc2o1)NNC(=O)c1cc2c(s1)CCCCCC2. The summed E-state index contributed by atoms with van der Waals surface area (Å²) in [6.45, 7) is 0. The number of amides is 2. The molecule has 0 unspecified atom stereocenters. The zero-order valence-electron chi connectivity index (χ0n) is 15.3. The fourth-order valence-electron chi connectivity index (χ4n) is 3.22. The Morgan fingerprint density at radius 3 is 2.79 bits per heavy atom. The number of benzene rings is 1. The standard InChI is InChI=1S/C20H21N3O3S2/c24-18(12-27-20-21-14-8-5-6-9-15(14)26-20)22-23-19(25)17-11-13-7-3-1-2-4-10-16(13)28-17/h5-6,8-9,11H,1-4,7,10,12H2,(H,22,24)(H,23,25). The molecule has 2 aromatic heterocycles. The molecule has 3 aromatic rings. The zero-order valence-corrected chi connectivity index (χ0v) is 17.0. The van der Waals surface area contributed by atoms with Crippen LogP contribution in [0.15, 0.2) is 40.0 Å². The first-order valence-corrected chi connectivity index (χ1v) is 11.2. The number of hydrazine groups is 1. The van der Waals surface area contributed by atoms with E-state index in [1.54, 1.807) is 0 Å². The molecule has 2 N–H and O–H groups in total. The first-order chi connectivity index (χ1) is 13.7. The summed E-state index contributed by atoms with van der Waals surface area (Å²) >= 11 is 2.73. The van der Waals surface area contributed by atoms with E-state index >= 15 is 0 Å². The summed E-state index contributed by atoms with van der Waals surface area (Å²) in [7, 11) is 0. The van der Waals surface area contributed by atoms with Crippen molar-refractivity contribution in [3.63, 3.8) is 0 Å². The molecule has 0 saturated heterocycles. The van der Waals surface area contributed by atoms with Crippen molar-refractivity contribution >= 4 is 46.0 Å². The van der Waals surface area contributed by atoms with Crippen LogP contribution < -0.4 is 10.9 Å². The van der Waals surface area contributed by atoms with Gasteiger partial charge in [0, 0.05) is 4.88 Å². The van der Waals surface area contributed by atoms with Gasteiger partial charge in [-0.15, -0.1) is 11.3 Å². The molecule has 2 heterocycles. The Kier molecular flexibility index (Phi) is 5.97. The van der Waals surface area contributed by atoms with Crippen molar-refractivity contribution in [2.24, 2.45) is 0 Å². The minimum Gasteiger partial charge on any atom is -0.431 e. The lowest BCUT2D eigenvalue weighted by molar-refractivity contribution is -0.119. The highest BCUT2D eigenvalue weighted by Gasteiger charge is 2.16. The Balaban J connectivity index is 1.28. The number of para-hydroxylation sites is 2. The molecule has 0 saturated carbocycles. The molecule has 0 radical (unpaired) electrons. The molecule has 8 heteroatoms. The number of carbonyl (C=O) groups excluding carboxylic acids is 2. The maximum Gasteiger partial charge on any atom is 0.279 e. The van der Waals surface area contributed by atoms with Crippen molar-refractivity contribution in [1.29, 1.82) is 0 Å². The summed E-state index contributed by atoms with van der Waals surface area (Å²) in [5.74, 6) is -0.471. The van der Waals surface area contributed by atoms with Gasteiger partial charge in [-0.1, -0.05) is 36.7 Å². The van der Waals surface area contributed by atoms with E-state index in [2.05, 4.69) is 15.8 Å². The number of oxazole rings is 1. The normalized spacial score (nSPS) is 14.1. The lowest BCUT2D eigenvalue weighted by Crippen LogP contribution is -2.42. The van der Waals surface area contributed by atoms with Gasteiger partial charge in [-0.2, -0.15) is 0 Å². The molecule has 146 valence electrons. The highest BCUT2D eigenvalue weighted by atomic mass is 32.2. The van der Waals surface area contributed by atoms with Crippen molar-refractivity contribution in [2.45, 2.75) is 43.7 Å². The lowest BCUT2D eigenvalue weighted by Gasteiger charge is -2.07. The first-order valence-electron chi connectivity index (χ1n) is 9.38. The molecule has 1 aliphatic carbocycles. The lowest BCUT2D eigenvalue weighted by atomic mass is 10.00. The van der Waals surface area contributed by atoms with Crippen LogP contribution >= 0.6 is 23.1 Å². The number of aryl methyl sites for hydroxylation is 2. The maximum absolute atomic E-state index is 12.4. The molecule has 0 bridgehead atoms. The van der Waals surface area contributed by atoms with Gasteiger partial charge in [0.1, 0.15) is 5.52 Å². The predicted octanol–water partition coefficient (Wildman–Crippen LogP) is 4.10. The Bertz CT molecular complexity index is 937. The van der Waals surface area contributed by atoms with Gasteiger partial charge in [0.2, 0.25) is 5.91 Å². The van der Waals surface area contributed by atoms with Crippen molar-refractivity contribution < 1.29 is 14.0 Å². The fraction of sp³-hybridized carbons (Fsp3) is 0.350. The Labute approximate surface area is 171 Å². The predicted molar refractivity (Wildman–Crippen MR) is 111 cm³/mol. The Morgan fingerprint density at radius 1 is 1.11 bits per heavy atom. The third kappa shape index (κ3) is 4.56. The quantitative estimate of drug-likeness (QED) is 0.495. The number of rotatable bonds is 4. The molecule has 0 aliphatic heterocycles. The molecule has 28 heavy (non-hydrogen) atoms. The third-order valence-electron chi connectivity index (χ3n) is 4.64. The van der Waals surface area contributed by atoms with Crippen molar-refractivity contribution in [3.8, 4) is 0 Å². The monoisotopic (exact) mass is 415 g/mol. The van der Waals surface area contributed by atoms with E-state index in [4.69, 9.17) is 4.42 Å². The van der Waals surface area contributed by atoms with Crippen LogP contribution in [-0.4, -0.2) is 22.6 Å². The summed E-state index contributed by atoms with van der Waals surface area (Å²) in [5.41, 5.74) is 7.71. The van der Waals surface area contributed by atoms with E-state index in [1.165, 1.54) is 59.2 Å². The van der Waals surface area contributed by atoms with Gasteiger partial charge in [0.05, 0.1) is 10.6 Å². The number of carbonyl (C=O) groups is 2. The Morgan fingerprint density at radius 2 is 1.93 bits per heavy atom. The van der Waals surface area contributed by atoms with E-state index in [-0.39, 0.29) is 17.6 Å². The van der Waals surface area contributed by atoms with Crippen molar-refractivity contribution in [1.82, 2.24) is 15.8 Å². The maximum atomic E-state index is 12.4. The summed E-state index contributed by atoms with van der Waals surface area (Å²) in [5, 5.41) is 0.431. The minimum absolute atomic E-state index is 0.105. The van der Waals surface area contributed by atoms with Gasteiger partial charge in [-0.25, -0.2) is 4.98 Å². The molecule has 1 aromatic carbocycles. The topological polar surface area (TPSA) is 84.2 Å². The number of fused-ring (bicyclic) bond motifs is 2. The second-order valence-electron chi connectivity index (χ2n) is 6.71. The van der Waals surface area contributed by atoms with Crippen LogP contribution in [0.5, 0.6) is 0 Å². The van der Waals surface area contributed by atoms with Gasteiger partial charge < -0.3 is 4.42 Å². The molecular formula is C20H21N3O3S2. The van der Waals surface area contributed by atoms with Gasteiger partial charge in [-0.05, 0) is 49.4 Å². The largest absolute Gasteiger partial charge is 0.431 e. The molecule has 0 spiro atoms. The highest BCUT2D eigenvalue weighted by molar-refractivity contribution is 7.99. The smallest absolute Gasteiger partial charge is 0.279 e. The van der Waals surface area contributed by atoms with Gasteiger partial charge in [0.25, 0.3) is 11.1 Å². The minimum atomic E-state index is -0.310. The highest BCUT2D eigenvalue weighted by Crippen LogP contribution is 2.28. The molecule has 6 nitrogen and oxygen atoms in total. The molecule has 2 amide bonds. The van der Waals surface area contributed by atoms with E-state index in [1.807, 2.05) is 30.3 Å². The number of nitrogens with zero attached hydrogens (tertiary/aromatic N) is 1. The fourth-order valence-corrected chi connectivity index (χ4v) is 5.01. The van der Waals surface area contributed by atoms with Crippen LogP contribution in [0, 0.1) is 0 Å². The van der Waals surface area contributed by atoms with Crippen molar-refractivity contribution in [2.75, 3.05) is 5.75 Å². The number of thiophene rings is 1. The average Bonchev–Trinajstić information content (AvgIpc) is 3.28. The van der Waals surface area contributed by atoms with Crippen LogP contribution in [0.1, 0.15) is 45.8 Å². The van der Waals surface area contributed by atoms with E-state index in [0.29, 0.717) is 15.7 Å². The molecule has 0 fully saturated rings. The van der Waals surface area contributed by atoms with E-state index in [9.17, 15) is 9.59 Å². The third-order valence-corrected chi connectivity index (χ3v) is 6.70. The van der Waals surface area contributed by atoms with Gasteiger partial charge in [0.15, 0.2) is 5.58 Å². The van der Waals surface area contributed by atoms with Crippen LogP contribution in [0.4, 0.5) is 0 Å². The number of nitrogens with one attached hydrogen (secondary N) is 2. The average molecular weight is 416 g/mol. The Hall–Kier alpha value is -2.32. The molecule has 0 atom stereocenters. The van der Waals surface area contributed by atoms with Crippen LogP contribution in [0.3, 0.4) is 0 Å². The van der Waals surface area contributed by atoms with E-state index in [0.717, 1.165) is 18.4 Å². The second-order valence-corrected chi connectivity index (χ2v) is 8.78. The number of thioether (sulfide) groups is 1. The van der Waals surface area contributed by atoms with Gasteiger partial charge >= 0.3 is 0 Å². The number of hydrogen-bond acceptors (Lipinski definition) is 6. The summed E-state index contributed by atoms with van der Waals surface area (Å²) in [6, 6.07) is 9.41. The van der Waals surface area contributed by atoms with Gasteiger partial charge in [-0.3, -0.25) is 20.4 Å². The summed E-state index contributed by atoms with van der Waals surface area (Å²) < 4.78 is 5.57. The summed E-state index contributed by atoms with van der Waals surface area (Å²) in [6.07, 6.45) is 6.94. The number of hydrogen-bond donors (Lipinski definition) is 2. The second kappa shape index (κ2) is 8.79. The number of aromatic nitrogens is 1. The van der Waals surface area contributed by atoms with Crippen LogP contribution in [0.2, 0.25) is 0 Å². The first kappa shape index (κ1) is 19.0. The summed E-state index contributed by atoms with van der Waals surface area (Å²) in [4.78, 5) is 30.7. The van der Waals surface area contributed by atoms with E-state index < -0.39 is 0 Å². The zero-order chi connectivity index (χ0) is 19.3. The molecule has 1 aliphatic rings. The molecular weight excluding hydrogens is 394 g/mol.